The van der Waals surface area contributed by atoms with E-state index in [1.54, 1.807) is 0 Å². The number of ether oxygens (including phenoxy) is 2. The summed E-state index contributed by atoms with van der Waals surface area (Å²) in [6.45, 7) is 4.35. The second-order valence-electron chi connectivity index (χ2n) is 12.7. The van der Waals surface area contributed by atoms with Crippen molar-refractivity contribution in [2.45, 2.75) is 13.8 Å². The first-order chi connectivity index (χ1) is 22.6. The fourth-order valence-electron chi connectivity index (χ4n) is 7.72. The second kappa shape index (κ2) is 9.39. The van der Waals surface area contributed by atoms with Crippen molar-refractivity contribution in [3.63, 3.8) is 0 Å². The monoisotopic (exact) mass is 589 g/mol. The van der Waals surface area contributed by atoms with Crippen LogP contribution in [0.15, 0.2) is 133 Å². The zero-order chi connectivity index (χ0) is 30.5. The van der Waals surface area contributed by atoms with Crippen LogP contribution in [0.1, 0.15) is 11.1 Å². The molecule has 0 saturated heterocycles. The lowest BCUT2D eigenvalue weighted by atomic mass is 9.34. The molecule has 0 fully saturated rings. The summed E-state index contributed by atoms with van der Waals surface area (Å²) in [4.78, 5) is 0. The number of para-hydroxylation sites is 1. The van der Waals surface area contributed by atoms with Crippen LogP contribution in [0.2, 0.25) is 0 Å². The SMILES string of the molecule is Cc1ccc2c(c1)c1cc(C)ccc1n2-c1ccc(-c2cc3c4c(c2)Oc2ccc5ccccc5c2B4c2ccccc2O3)cc1. The van der Waals surface area contributed by atoms with Crippen LogP contribution in [0.25, 0.3) is 49.4 Å². The minimum Gasteiger partial charge on any atom is -0.458 e. The van der Waals surface area contributed by atoms with Crippen molar-refractivity contribution in [1.82, 2.24) is 4.57 Å². The lowest BCUT2D eigenvalue weighted by Gasteiger charge is -2.34. The molecule has 1 aromatic heterocycles. The van der Waals surface area contributed by atoms with Gasteiger partial charge in [0.1, 0.15) is 23.0 Å². The van der Waals surface area contributed by atoms with Crippen molar-refractivity contribution in [2.24, 2.45) is 0 Å². The van der Waals surface area contributed by atoms with Crippen LogP contribution in [0, 0.1) is 13.8 Å². The molecule has 0 saturated carbocycles. The summed E-state index contributed by atoms with van der Waals surface area (Å²) >= 11 is 0. The fourth-order valence-corrected chi connectivity index (χ4v) is 7.72. The van der Waals surface area contributed by atoms with Crippen molar-refractivity contribution in [1.29, 1.82) is 0 Å². The van der Waals surface area contributed by atoms with Crippen molar-refractivity contribution in [2.75, 3.05) is 0 Å². The molecule has 0 spiro atoms. The number of benzene rings is 7. The van der Waals surface area contributed by atoms with Gasteiger partial charge in [0, 0.05) is 21.9 Å². The molecule has 0 atom stereocenters. The van der Waals surface area contributed by atoms with E-state index in [2.05, 4.69) is 146 Å². The highest BCUT2D eigenvalue weighted by Crippen LogP contribution is 2.40. The lowest BCUT2D eigenvalue weighted by molar-refractivity contribution is 0.465. The van der Waals surface area contributed by atoms with Gasteiger partial charge in [0.15, 0.2) is 0 Å². The van der Waals surface area contributed by atoms with E-state index in [1.807, 2.05) is 6.07 Å². The Morgan fingerprint density at radius 2 is 1.13 bits per heavy atom. The van der Waals surface area contributed by atoms with Crippen molar-refractivity contribution in [3.05, 3.63) is 145 Å². The molecule has 10 rings (SSSR count). The summed E-state index contributed by atoms with van der Waals surface area (Å²) in [7, 11) is 0. The lowest BCUT2D eigenvalue weighted by Crippen LogP contribution is -2.57. The minimum atomic E-state index is 0.0313. The van der Waals surface area contributed by atoms with Gasteiger partial charge in [-0.3, -0.25) is 0 Å². The summed E-state index contributed by atoms with van der Waals surface area (Å²) in [5.74, 6) is 3.51. The Morgan fingerprint density at radius 1 is 0.478 bits per heavy atom. The minimum absolute atomic E-state index is 0.0313. The topological polar surface area (TPSA) is 23.4 Å². The molecule has 3 nitrogen and oxygen atoms in total. The number of fused-ring (bicyclic) bond motifs is 9. The number of rotatable bonds is 2. The third-order valence-electron chi connectivity index (χ3n) is 9.82. The summed E-state index contributed by atoms with van der Waals surface area (Å²) in [6.07, 6.45) is 0. The van der Waals surface area contributed by atoms with Crippen LogP contribution in [0.4, 0.5) is 0 Å². The van der Waals surface area contributed by atoms with Gasteiger partial charge in [-0.05, 0) is 107 Å². The van der Waals surface area contributed by atoms with Gasteiger partial charge in [0.2, 0.25) is 0 Å². The van der Waals surface area contributed by atoms with Crippen molar-refractivity contribution < 1.29 is 9.47 Å². The summed E-state index contributed by atoms with van der Waals surface area (Å²) in [5, 5.41) is 5.00. The first-order valence-electron chi connectivity index (χ1n) is 15.9. The van der Waals surface area contributed by atoms with E-state index in [1.165, 1.54) is 54.6 Å². The van der Waals surface area contributed by atoms with Crippen molar-refractivity contribution in [3.8, 4) is 39.8 Å². The van der Waals surface area contributed by atoms with Crippen molar-refractivity contribution >= 4 is 55.7 Å². The van der Waals surface area contributed by atoms with Crippen LogP contribution in [-0.4, -0.2) is 11.3 Å². The Morgan fingerprint density at radius 3 is 1.87 bits per heavy atom. The predicted molar refractivity (Wildman–Crippen MR) is 191 cm³/mol. The van der Waals surface area contributed by atoms with E-state index in [0.717, 1.165) is 45.3 Å². The maximum absolute atomic E-state index is 6.72. The molecule has 8 aromatic rings. The predicted octanol–water partition coefficient (Wildman–Crippen LogP) is 8.95. The number of aromatic nitrogens is 1. The Kier molecular flexibility index (Phi) is 5.22. The first kappa shape index (κ1) is 25.6. The number of nitrogens with zero attached hydrogens (tertiary/aromatic N) is 1. The molecule has 46 heavy (non-hydrogen) atoms. The number of hydrogen-bond donors (Lipinski definition) is 0. The molecule has 4 heteroatoms. The van der Waals surface area contributed by atoms with Gasteiger partial charge in [0.05, 0.1) is 11.0 Å². The average Bonchev–Trinajstić information content (AvgIpc) is 3.40. The largest absolute Gasteiger partial charge is 0.458 e. The highest BCUT2D eigenvalue weighted by molar-refractivity contribution is 6.99. The first-order valence-corrected chi connectivity index (χ1v) is 15.9. The molecule has 0 amide bonds. The third-order valence-corrected chi connectivity index (χ3v) is 9.82. The van der Waals surface area contributed by atoms with E-state index in [9.17, 15) is 0 Å². The zero-order valence-electron chi connectivity index (χ0n) is 25.5. The normalized spacial score (nSPS) is 12.9. The molecule has 216 valence electrons. The summed E-state index contributed by atoms with van der Waals surface area (Å²) in [6, 6.07) is 48.0. The van der Waals surface area contributed by atoms with Gasteiger partial charge in [-0.1, -0.05) is 83.9 Å². The second-order valence-corrected chi connectivity index (χ2v) is 12.7. The Hall–Kier alpha value is -5.74. The quantitative estimate of drug-likeness (QED) is 0.188. The van der Waals surface area contributed by atoms with Gasteiger partial charge in [0.25, 0.3) is 6.71 Å². The Labute approximate surface area is 267 Å². The third kappa shape index (κ3) is 3.61. The molecule has 0 aliphatic carbocycles. The molecule has 0 radical (unpaired) electrons. The summed E-state index contributed by atoms with van der Waals surface area (Å²) < 4.78 is 15.7. The molecule has 2 aliphatic rings. The molecule has 0 N–H and O–H groups in total. The van der Waals surface area contributed by atoms with Crippen LogP contribution < -0.4 is 25.9 Å². The smallest absolute Gasteiger partial charge is 0.261 e. The molecule has 0 unspecified atom stereocenters. The van der Waals surface area contributed by atoms with E-state index < -0.39 is 0 Å². The molecular weight excluding hydrogens is 561 g/mol. The van der Waals surface area contributed by atoms with E-state index in [0.29, 0.717) is 0 Å². The maximum Gasteiger partial charge on any atom is 0.261 e. The fraction of sp³-hybridized carbons (Fsp3) is 0.0476. The standard InChI is InChI=1S/C42H28BNO2/c1-25-11-18-35-32(21-25)33-22-26(2)12-19-36(33)44(35)30-16-13-27(14-17-30)29-23-39-42-40(24-29)46-38-20-15-28-7-3-4-8-31(28)41(38)43(42)34-9-5-6-10-37(34)45-39/h3-24H,1-2H3. The highest BCUT2D eigenvalue weighted by atomic mass is 16.5. The molecule has 3 heterocycles. The van der Waals surface area contributed by atoms with E-state index in [4.69, 9.17) is 9.47 Å². The highest BCUT2D eigenvalue weighted by Gasteiger charge is 2.41. The van der Waals surface area contributed by atoms with E-state index >= 15 is 0 Å². The maximum atomic E-state index is 6.72. The average molecular weight is 590 g/mol. The van der Waals surface area contributed by atoms with Gasteiger partial charge < -0.3 is 14.0 Å². The van der Waals surface area contributed by atoms with Gasteiger partial charge in [-0.25, -0.2) is 0 Å². The number of hydrogen-bond acceptors (Lipinski definition) is 2. The summed E-state index contributed by atoms with van der Waals surface area (Å²) in [5.41, 5.74) is 11.8. The molecule has 2 aliphatic heterocycles. The van der Waals surface area contributed by atoms with Gasteiger partial charge >= 0.3 is 0 Å². The van der Waals surface area contributed by atoms with Crippen LogP contribution >= 0.6 is 0 Å². The van der Waals surface area contributed by atoms with E-state index in [-0.39, 0.29) is 6.71 Å². The van der Waals surface area contributed by atoms with Crippen LogP contribution in [0.3, 0.4) is 0 Å². The van der Waals surface area contributed by atoms with Gasteiger partial charge in [-0.2, -0.15) is 0 Å². The molecular formula is C42H28BNO2. The molecule has 0 bridgehead atoms. The number of aryl methyl sites for hydroxylation is 2. The zero-order valence-corrected chi connectivity index (χ0v) is 25.5. The van der Waals surface area contributed by atoms with Crippen LogP contribution in [0.5, 0.6) is 23.0 Å². The molecule has 7 aromatic carbocycles. The Bertz CT molecular complexity index is 2490. The van der Waals surface area contributed by atoms with Crippen LogP contribution in [-0.2, 0) is 0 Å². The Balaban J connectivity index is 1.12. The van der Waals surface area contributed by atoms with Gasteiger partial charge in [-0.15, -0.1) is 0 Å².